The van der Waals surface area contributed by atoms with E-state index in [0.29, 0.717) is 5.39 Å². The van der Waals surface area contributed by atoms with Gasteiger partial charge in [0.05, 0.1) is 0 Å². The van der Waals surface area contributed by atoms with Crippen LogP contribution in [0.4, 0.5) is 0 Å². The van der Waals surface area contributed by atoms with E-state index in [1.807, 2.05) is 0 Å². The molecule has 0 aromatic rings. The molecule has 0 amide bonds. The van der Waals surface area contributed by atoms with Crippen molar-refractivity contribution >= 4 is 46.0 Å². The molecule has 0 unspecified atom stereocenters. The third-order valence-corrected chi connectivity index (χ3v) is 1.06. The summed E-state index contributed by atoms with van der Waals surface area (Å²) in [6, 6.07) is 0. The van der Waals surface area contributed by atoms with Gasteiger partial charge in [0.15, 0.2) is 0 Å². The molecular formula is H4I2N4O5. The first-order valence-electron chi connectivity index (χ1n) is 1.88. The van der Waals surface area contributed by atoms with Crippen molar-refractivity contribution < 1.29 is 21.1 Å². The molecule has 0 fully saturated rings. The van der Waals surface area contributed by atoms with Crippen molar-refractivity contribution in [2.75, 3.05) is 0 Å². The molecule has 0 bridgehead atoms. The van der Waals surface area contributed by atoms with Crippen LogP contribution in [-0.4, -0.2) is 10.8 Å². The van der Waals surface area contributed by atoms with Crippen molar-refractivity contribution in [1.29, 1.82) is 0 Å². The first-order valence-corrected chi connectivity index (χ1v) is 3.64. The van der Waals surface area contributed by atoms with Crippen LogP contribution in [0.5, 0.6) is 0 Å². The summed E-state index contributed by atoms with van der Waals surface area (Å²) in [5.41, 5.74) is 0. The number of nitrogens with zero attached hydrogens (tertiary/aromatic N) is 2. The molecule has 4 N–H and O–H groups in total. The van der Waals surface area contributed by atoms with Gasteiger partial charge in [0, 0.05) is 0 Å². The molecule has 0 saturated heterocycles. The van der Waals surface area contributed by atoms with E-state index in [4.69, 9.17) is 0 Å². The van der Waals surface area contributed by atoms with Crippen LogP contribution in [-0.2, 0) is 21.1 Å². The Balaban J connectivity index is 3.58. The minimum absolute atomic E-state index is 0.233. The predicted molar refractivity (Wildman–Crippen MR) is 45.5 cm³/mol. The van der Waals surface area contributed by atoms with Gasteiger partial charge in [-0.05, 0) is 0 Å². The molecule has 0 saturated carbocycles. The van der Waals surface area contributed by atoms with Gasteiger partial charge in [-0.25, -0.2) is 0 Å². The van der Waals surface area contributed by atoms with Gasteiger partial charge in [-0.1, -0.05) is 4.94 Å². The zero-order valence-corrected chi connectivity index (χ0v) is 9.16. The average Bonchev–Trinajstić information content (AvgIpc) is 2.07. The SMILES string of the molecule is NON(ON)ON(OI)OI. The minimum Gasteiger partial charge on any atom is -0.191 e. The summed E-state index contributed by atoms with van der Waals surface area (Å²) in [5, 5.41) is 0.734. The fourth-order valence-electron chi connectivity index (χ4n) is 0.154. The van der Waals surface area contributed by atoms with Crippen molar-refractivity contribution in [3.05, 3.63) is 0 Å². The van der Waals surface area contributed by atoms with Crippen LogP contribution in [0.25, 0.3) is 0 Å². The van der Waals surface area contributed by atoms with Crippen LogP contribution in [0.2, 0.25) is 0 Å². The highest BCUT2D eigenvalue weighted by atomic mass is 127. The van der Waals surface area contributed by atoms with E-state index >= 15 is 0 Å². The molecule has 0 spiro atoms. The number of hydrogen-bond donors (Lipinski definition) is 2. The van der Waals surface area contributed by atoms with E-state index in [0.717, 1.165) is 0 Å². The fraction of sp³-hybridized carbons (Fsp3) is 0. The van der Waals surface area contributed by atoms with Crippen LogP contribution in [0, 0.1) is 0 Å². The lowest BCUT2D eigenvalue weighted by atomic mass is 12.7. The van der Waals surface area contributed by atoms with Gasteiger partial charge in [0.1, 0.15) is 56.8 Å². The highest BCUT2D eigenvalue weighted by Gasteiger charge is 2.13. The topological polar surface area (TPSA) is 105 Å². The van der Waals surface area contributed by atoms with Gasteiger partial charge < -0.3 is 0 Å². The third kappa shape index (κ3) is 5.36. The van der Waals surface area contributed by atoms with E-state index in [1.165, 1.54) is 46.0 Å². The molecule has 0 aromatic carbocycles. The molecule has 11 heavy (non-hydrogen) atoms. The molecule has 0 radical (unpaired) electrons. The zero-order chi connectivity index (χ0) is 8.69. The average molecular weight is 394 g/mol. The van der Waals surface area contributed by atoms with Gasteiger partial charge in [-0.15, -0.1) is 0 Å². The number of hydrogen-bond acceptors (Lipinski definition) is 9. The van der Waals surface area contributed by atoms with Gasteiger partial charge in [-0.3, -0.25) is 0 Å². The van der Waals surface area contributed by atoms with Crippen molar-refractivity contribution in [1.82, 2.24) is 10.8 Å². The standard InChI is InChI=1S/H4I2N4O5/c1-7-5(8-2)11-6(9-3)10-4/h3-4H2. The Bertz CT molecular complexity index is 74.6. The van der Waals surface area contributed by atoms with Crippen molar-refractivity contribution in [3.8, 4) is 0 Å². The molecule has 0 aliphatic rings. The fourth-order valence-corrected chi connectivity index (χ4v) is 0.766. The molecule has 0 heterocycles. The van der Waals surface area contributed by atoms with Crippen molar-refractivity contribution in [3.63, 3.8) is 0 Å². The summed E-state index contributed by atoms with van der Waals surface area (Å²) in [6.45, 7) is 0. The smallest absolute Gasteiger partial charge is 0.143 e. The van der Waals surface area contributed by atoms with E-state index < -0.39 is 0 Å². The monoisotopic (exact) mass is 394 g/mol. The second-order valence-corrected chi connectivity index (χ2v) is 1.67. The summed E-state index contributed by atoms with van der Waals surface area (Å²) in [7, 11) is 0. The summed E-state index contributed by atoms with van der Waals surface area (Å²) < 4.78 is 8.74. The summed E-state index contributed by atoms with van der Waals surface area (Å²) in [6.07, 6.45) is 0. The van der Waals surface area contributed by atoms with Gasteiger partial charge in [0.2, 0.25) is 0 Å². The maximum atomic E-state index is 4.59. The molecule has 0 rings (SSSR count). The Morgan fingerprint density at radius 3 is 1.64 bits per heavy atom. The van der Waals surface area contributed by atoms with Crippen LogP contribution in [0.3, 0.4) is 0 Å². The molecule has 0 aromatic heterocycles. The zero-order valence-electron chi connectivity index (χ0n) is 4.85. The summed E-state index contributed by atoms with van der Waals surface area (Å²) >= 11 is 2.93. The van der Waals surface area contributed by atoms with E-state index in [2.05, 4.69) is 32.9 Å². The van der Waals surface area contributed by atoms with Gasteiger partial charge in [-0.2, -0.15) is 28.0 Å². The second kappa shape index (κ2) is 7.73. The summed E-state index contributed by atoms with van der Waals surface area (Å²) in [4.78, 5) is 12.1. The number of nitrogens with two attached hydrogens (primary N) is 2. The first kappa shape index (κ1) is 12.1. The summed E-state index contributed by atoms with van der Waals surface area (Å²) in [5.74, 6) is 9.19. The molecule has 9 nitrogen and oxygen atoms in total. The first-order chi connectivity index (χ1) is 5.28. The lowest BCUT2D eigenvalue weighted by molar-refractivity contribution is -0.647. The molecule has 0 aliphatic carbocycles. The van der Waals surface area contributed by atoms with E-state index in [-0.39, 0.29) is 5.39 Å². The second-order valence-electron chi connectivity index (χ2n) is 0.878. The molecule has 0 aliphatic heterocycles. The third-order valence-electron chi connectivity index (χ3n) is 0.418. The van der Waals surface area contributed by atoms with Crippen LogP contribution < -0.4 is 11.8 Å². The lowest BCUT2D eigenvalue weighted by Crippen LogP contribution is -2.36. The predicted octanol–water partition coefficient (Wildman–Crippen LogP) is -0.389. The highest BCUT2D eigenvalue weighted by molar-refractivity contribution is 14.1. The minimum atomic E-state index is 0.233. The Morgan fingerprint density at radius 2 is 1.36 bits per heavy atom. The highest BCUT2D eigenvalue weighted by Crippen LogP contribution is 2.05. The molecular weight excluding hydrogens is 390 g/mol. The Kier molecular flexibility index (Phi) is 8.51. The normalized spacial score (nSPS) is 11.5. The quantitative estimate of drug-likeness (QED) is 0.461. The molecule has 68 valence electrons. The molecule has 0 atom stereocenters. The number of halogens is 2. The Morgan fingerprint density at radius 1 is 0.909 bits per heavy atom. The van der Waals surface area contributed by atoms with Crippen LogP contribution in [0.1, 0.15) is 0 Å². The van der Waals surface area contributed by atoms with Crippen LogP contribution in [0.15, 0.2) is 0 Å². The van der Waals surface area contributed by atoms with Crippen LogP contribution >= 0.6 is 46.0 Å². The Labute approximate surface area is 89.4 Å². The van der Waals surface area contributed by atoms with Gasteiger partial charge >= 0.3 is 0 Å². The van der Waals surface area contributed by atoms with Crippen molar-refractivity contribution in [2.45, 2.75) is 0 Å². The number of rotatable bonds is 6. The van der Waals surface area contributed by atoms with Gasteiger partial charge in [0.25, 0.3) is 0 Å². The lowest BCUT2D eigenvalue weighted by Gasteiger charge is -2.16. The van der Waals surface area contributed by atoms with E-state index in [9.17, 15) is 0 Å². The van der Waals surface area contributed by atoms with E-state index in [1.54, 1.807) is 0 Å². The maximum Gasteiger partial charge on any atom is 0.143 e. The largest absolute Gasteiger partial charge is 0.191 e. The maximum absolute atomic E-state index is 4.59. The van der Waals surface area contributed by atoms with Crippen molar-refractivity contribution in [2.24, 2.45) is 11.8 Å². The molecule has 11 heteroatoms. The Hall–Kier alpha value is 1.10.